The second-order valence-corrected chi connectivity index (χ2v) is 4.39. The number of benzene rings is 2. The van der Waals surface area contributed by atoms with Crippen molar-refractivity contribution in [2.75, 3.05) is 0 Å². The fourth-order valence-corrected chi connectivity index (χ4v) is 1.70. The van der Waals surface area contributed by atoms with E-state index in [-0.39, 0.29) is 18.2 Å². The number of hydrogen-bond acceptors (Lipinski definition) is 2. The molecule has 100 valence electrons. The van der Waals surface area contributed by atoms with Crippen LogP contribution in [0.3, 0.4) is 0 Å². The van der Waals surface area contributed by atoms with Crippen LogP contribution in [0.4, 0.5) is 8.78 Å². The Labute approximate surface area is 110 Å². The van der Waals surface area contributed by atoms with Crippen molar-refractivity contribution in [1.82, 2.24) is 0 Å². The summed E-state index contributed by atoms with van der Waals surface area (Å²) in [5.74, 6) is -0.382. The Morgan fingerprint density at radius 2 is 1.95 bits per heavy atom. The molecule has 0 aliphatic carbocycles. The first-order chi connectivity index (χ1) is 9.06. The van der Waals surface area contributed by atoms with E-state index in [1.165, 1.54) is 0 Å². The maximum Gasteiger partial charge on any atom is 0.130 e. The van der Waals surface area contributed by atoms with Gasteiger partial charge >= 0.3 is 0 Å². The molecule has 1 atom stereocenters. The van der Waals surface area contributed by atoms with Crippen molar-refractivity contribution in [3.05, 3.63) is 65.2 Å². The predicted molar refractivity (Wildman–Crippen MR) is 69.7 cm³/mol. The van der Waals surface area contributed by atoms with Crippen molar-refractivity contribution in [2.24, 2.45) is 5.73 Å². The van der Waals surface area contributed by atoms with E-state index in [0.29, 0.717) is 5.75 Å². The Morgan fingerprint density at radius 3 is 2.68 bits per heavy atom. The van der Waals surface area contributed by atoms with Crippen LogP contribution in [0.1, 0.15) is 24.1 Å². The minimum Gasteiger partial charge on any atom is -0.489 e. The molecule has 2 aromatic rings. The van der Waals surface area contributed by atoms with E-state index in [4.69, 9.17) is 10.5 Å². The van der Waals surface area contributed by atoms with Gasteiger partial charge in [-0.05, 0) is 42.8 Å². The van der Waals surface area contributed by atoms with Gasteiger partial charge in [0.05, 0.1) is 0 Å². The Kier molecular flexibility index (Phi) is 4.12. The van der Waals surface area contributed by atoms with E-state index in [9.17, 15) is 8.78 Å². The van der Waals surface area contributed by atoms with Crippen LogP contribution in [0, 0.1) is 11.6 Å². The number of ether oxygens (including phenoxy) is 1. The first-order valence-corrected chi connectivity index (χ1v) is 5.98. The topological polar surface area (TPSA) is 35.2 Å². The monoisotopic (exact) mass is 263 g/mol. The molecule has 2 N–H and O–H groups in total. The van der Waals surface area contributed by atoms with Crippen LogP contribution in [0.5, 0.6) is 5.75 Å². The van der Waals surface area contributed by atoms with Gasteiger partial charge in [-0.1, -0.05) is 12.1 Å². The van der Waals surface area contributed by atoms with E-state index in [2.05, 4.69) is 0 Å². The first-order valence-electron chi connectivity index (χ1n) is 5.98. The third-order valence-corrected chi connectivity index (χ3v) is 2.79. The van der Waals surface area contributed by atoms with Gasteiger partial charge < -0.3 is 10.5 Å². The lowest BCUT2D eigenvalue weighted by atomic mass is 10.1. The second kappa shape index (κ2) is 5.80. The molecule has 0 aliphatic rings. The predicted octanol–water partition coefficient (Wildman–Crippen LogP) is 3.56. The minimum atomic E-state index is -0.482. The lowest BCUT2D eigenvalue weighted by Crippen LogP contribution is -2.05. The summed E-state index contributed by atoms with van der Waals surface area (Å²) < 4.78 is 31.9. The zero-order valence-corrected chi connectivity index (χ0v) is 10.6. The molecular formula is C15H15F2NO. The summed E-state index contributed by atoms with van der Waals surface area (Å²) in [7, 11) is 0. The smallest absolute Gasteiger partial charge is 0.130 e. The molecule has 0 saturated heterocycles. The number of nitrogens with two attached hydrogens (primary N) is 1. The molecule has 0 amide bonds. The van der Waals surface area contributed by atoms with Gasteiger partial charge in [0.1, 0.15) is 24.0 Å². The van der Waals surface area contributed by atoms with Gasteiger partial charge in [0.15, 0.2) is 0 Å². The fraction of sp³-hybridized carbons (Fsp3) is 0.200. The van der Waals surface area contributed by atoms with Crippen LogP contribution in [-0.2, 0) is 6.61 Å². The summed E-state index contributed by atoms with van der Waals surface area (Å²) in [5.41, 5.74) is 6.88. The minimum absolute atomic E-state index is 0.0218. The van der Waals surface area contributed by atoms with Gasteiger partial charge in [0, 0.05) is 11.6 Å². The molecule has 2 aromatic carbocycles. The van der Waals surface area contributed by atoms with Gasteiger partial charge in [-0.3, -0.25) is 0 Å². The standard InChI is InChI=1S/C15H15F2NO/c1-10(18)11-3-2-4-14(8-11)19-9-12-7-13(16)5-6-15(12)17/h2-8,10H,9,18H2,1H3. The summed E-state index contributed by atoms with van der Waals surface area (Å²) in [6.45, 7) is 1.84. The highest BCUT2D eigenvalue weighted by Crippen LogP contribution is 2.19. The van der Waals surface area contributed by atoms with Crippen molar-refractivity contribution in [3.63, 3.8) is 0 Å². The quantitative estimate of drug-likeness (QED) is 0.915. The van der Waals surface area contributed by atoms with Crippen LogP contribution in [0.15, 0.2) is 42.5 Å². The van der Waals surface area contributed by atoms with Gasteiger partial charge in [-0.2, -0.15) is 0 Å². The summed E-state index contributed by atoms with van der Waals surface area (Å²) in [6.07, 6.45) is 0. The SMILES string of the molecule is CC(N)c1cccc(OCc2cc(F)ccc2F)c1. The summed E-state index contributed by atoms with van der Waals surface area (Å²) >= 11 is 0. The van der Waals surface area contributed by atoms with Crippen LogP contribution >= 0.6 is 0 Å². The Morgan fingerprint density at radius 1 is 1.16 bits per heavy atom. The average Bonchev–Trinajstić information content (AvgIpc) is 2.40. The van der Waals surface area contributed by atoms with Gasteiger partial charge in [0.2, 0.25) is 0 Å². The van der Waals surface area contributed by atoms with Crippen molar-refractivity contribution >= 4 is 0 Å². The van der Waals surface area contributed by atoms with Crippen molar-refractivity contribution in [3.8, 4) is 5.75 Å². The molecule has 0 fully saturated rings. The number of halogens is 2. The average molecular weight is 263 g/mol. The van der Waals surface area contributed by atoms with Gasteiger partial charge in [-0.25, -0.2) is 8.78 Å². The van der Waals surface area contributed by atoms with Crippen LogP contribution in [0.2, 0.25) is 0 Å². The highest BCUT2D eigenvalue weighted by atomic mass is 19.1. The highest BCUT2D eigenvalue weighted by molar-refractivity contribution is 5.30. The molecule has 0 aromatic heterocycles. The van der Waals surface area contributed by atoms with Crippen molar-refractivity contribution in [2.45, 2.75) is 19.6 Å². The molecule has 19 heavy (non-hydrogen) atoms. The molecule has 0 spiro atoms. The lowest BCUT2D eigenvalue weighted by Gasteiger charge is -2.10. The maximum absolute atomic E-state index is 13.4. The Hall–Kier alpha value is -1.94. The van der Waals surface area contributed by atoms with E-state index in [1.807, 2.05) is 19.1 Å². The lowest BCUT2D eigenvalue weighted by molar-refractivity contribution is 0.298. The molecule has 2 nitrogen and oxygen atoms in total. The fourth-order valence-electron chi connectivity index (χ4n) is 1.70. The number of hydrogen-bond donors (Lipinski definition) is 1. The summed E-state index contributed by atoms with van der Waals surface area (Å²) in [5, 5.41) is 0. The normalized spacial score (nSPS) is 12.2. The van der Waals surface area contributed by atoms with E-state index in [0.717, 1.165) is 23.8 Å². The Balaban J connectivity index is 2.10. The molecular weight excluding hydrogens is 248 g/mol. The number of rotatable bonds is 4. The molecule has 2 rings (SSSR count). The summed E-state index contributed by atoms with van der Waals surface area (Å²) in [4.78, 5) is 0. The second-order valence-electron chi connectivity index (χ2n) is 4.39. The third-order valence-electron chi connectivity index (χ3n) is 2.79. The molecule has 4 heteroatoms. The molecule has 0 heterocycles. The first kappa shape index (κ1) is 13.5. The molecule has 0 bridgehead atoms. The van der Waals surface area contributed by atoms with Crippen molar-refractivity contribution in [1.29, 1.82) is 0 Å². The van der Waals surface area contributed by atoms with E-state index < -0.39 is 11.6 Å². The zero-order chi connectivity index (χ0) is 13.8. The van der Waals surface area contributed by atoms with Gasteiger partial charge in [0.25, 0.3) is 0 Å². The molecule has 0 saturated carbocycles. The highest BCUT2D eigenvalue weighted by Gasteiger charge is 2.06. The van der Waals surface area contributed by atoms with Crippen LogP contribution in [-0.4, -0.2) is 0 Å². The van der Waals surface area contributed by atoms with Crippen molar-refractivity contribution < 1.29 is 13.5 Å². The summed E-state index contributed by atoms with van der Waals surface area (Å²) in [6, 6.07) is 10.4. The largest absolute Gasteiger partial charge is 0.489 e. The maximum atomic E-state index is 13.4. The zero-order valence-electron chi connectivity index (χ0n) is 10.6. The van der Waals surface area contributed by atoms with Gasteiger partial charge in [-0.15, -0.1) is 0 Å². The van der Waals surface area contributed by atoms with Crippen LogP contribution in [0.25, 0.3) is 0 Å². The Bertz CT molecular complexity index is 570. The van der Waals surface area contributed by atoms with E-state index in [1.54, 1.807) is 12.1 Å². The van der Waals surface area contributed by atoms with Crippen LogP contribution < -0.4 is 10.5 Å². The molecule has 0 radical (unpaired) electrons. The van der Waals surface area contributed by atoms with E-state index >= 15 is 0 Å². The molecule has 1 unspecified atom stereocenters. The third kappa shape index (κ3) is 3.51. The molecule has 0 aliphatic heterocycles.